The smallest absolute Gasteiger partial charge is 0.268 e. The van der Waals surface area contributed by atoms with Crippen LogP contribution in [0.4, 0.5) is 0 Å². The maximum absolute atomic E-state index is 11.4. The molecule has 0 unspecified atom stereocenters. The third-order valence-corrected chi connectivity index (χ3v) is 4.10. The van der Waals surface area contributed by atoms with Crippen molar-refractivity contribution < 1.29 is 22.8 Å². The molecule has 7 nitrogen and oxygen atoms in total. The molecule has 2 N–H and O–H groups in total. The largest absolute Gasteiger partial charge is 0.395 e. The summed E-state index contributed by atoms with van der Waals surface area (Å²) in [7, 11) is -3.52. The lowest BCUT2D eigenvalue weighted by molar-refractivity contribution is 0.116. The van der Waals surface area contributed by atoms with E-state index in [0.717, 1.165) is 26.2 Å². The van der Waals surface area contributed by atoms with Crippen LogP contribution in [0.25, 0.3) is 0 Å². The Labute approximate surface area is 108 Å². The summed E-state index contributed by atoms with van der Waals surface area (Å²) in [6.07, 6.45) is 0. The van der Waals surface area contributed by atoms with Crippen LogP contribution in [-0.2, 0) is 14.3 Å². The third kappa shape index (κ3) is 6.07. The van der Waals surface area contributed by atoms with Crippen molar-refractivity contribution in [3.8, 4) is 0 Å². The van der Waals surface area contributed by atoms with Gasteiger partial charge in [-0.05, 0) is 0 Å². The summed E-state index contributed by atoms with van der Waals surface area (Å²) in [5, 5.41) is 17.3. The second kappa shape index (κ2) is 8.03. The van der Waals surface area contributed by atoms with E-state index in [1.165, 1.54) is 0 Å². The normalized spacial score (nSPS) is 19.2. The Kier molecular flexibility index (Phi) is 7.05. The van der Waals surface area contributed by atoms with E-state index in [1.54, 1.807) is 0 Å². The minimum atomic E-state index is -3.52. The van der Waals surface area contributed by atoms with Gasteiger partial charge in [-0.2, -0.15) is 8.42 Å². The van der Waals surface area contributed by atoms with Crippen LogP contribution in [-0.4, -0.2) is 93.3 Å². The molecule has 0 spiro atoms. The van der Waals surface area contributed by atoms with Gasteiger partial charge in [-0.25, -0.2) is 0 Å². The molecule has 1 aliphatic rings. The zero-order valence-corrected chi connectivity index (χ0v) is 11.3. The molecule has 0 saturated carbocycles. The van der Waals surface area contributed by atoms with Crippen LogP contribution in [0.1, 0.15) is 0 Å². The standard InChI is InChI=1S/C10H22N2O5S/c13-7-5-11-1-3-12(4-2-11)6-10-18(15,16)17-9-8-14/h13-14H,1-10H2. The Morgan fingerprint density at radius 3 is 2.00 bits per heavy atom. The second-order valence-electron chi connectivity index (χ2n) is 4.21. The molecular formula is C10H22N2O5S. The topological polar surface area (TPSA) is 90.3 Å². The number of nitrogens with zero attached hydrogens (tertiary/aromatic N) is 2. The fourth-order valence-corrected chi connectivity index (χ4v) is 2.77. The summed E-state index contributed by atoms with van der Waals surface area (Å²) in [6.45, 7) is 4.10. The molecule has 0 amide bonds. The quantitative estimate of drug-likeness (QED) is 0.495. The number of hydrogen-bond acceptors (Lipinski definition) is 7. The average Bonchev–Trinajstić information content (AvgIpc) is 2.36. The van der Waals surface area contributed by atoms with Crippen LogP contribution in [0, 0.1) is 0 Å². The first kappa shape index (κ1) is 15.8. The van der Waals surface area contributed by atoms with Gasteiger partial charge >= 0.3 is 0 Å². The van der Waals surface area contributed by atoms with Gasteiger partial charge in [0.2, 0.25) is 0 Å². The van der Waals surface area contributed by atoms with E-state index in [9.17, 15) is 8.42 Å². The first-order chi connectivity index (χ1) is 8.57. The van der Waals surface area contributed by atoms with Crippen LogP contribution >= 0.6 is 0 Å². The molecule has 0 aromatic heterocycles. The van der Waals surface area contributed by atoms with E-state index in [4.69, 9.17) is 10.2 Å². The number of aliphatic hydroxyl groups excluding tert-OH is 2. The highest BCUT2D eigenvalue weighted by molar-refractivity contribution is 7.86. The molecule has 18 heavy (non-hydrogen) atoms. The first-order valence-corrected chi connectivity index (χ1v) is 7.68. The first-order valence-electron chi connectivity index (χ1n) is 6.11. The fraction of sp³-hybridized carbons (Fsp3) is 1.00. The van der Waals surface area contributed by atoms with Crippen LogP contribution in [0.15, 0.2) is 0 Å². The predicted molar refractivity (Wildman–Crippen MR) is 66.8 cm³/mol. The van der Waals surface area contributed by atoms with Crippen molar-refractivity contribution in [3.63, 3.8) is 0 Å². The molecule has 0 aromatic rings. The summed E-state index contributed by atoms with van der Waals surface area (Å²) < 4.78 is 27.4. The Bertz CT molecular complexity index is 314. The van der Waals surface area contributed by atoms with Crippen LogP contribution in [0.5, 0.6) is 0 Å². The SMILES string of the molecule is O=S(=O)(CCN1CCN(CCO)CC1)OCCO. The molecule has 1 fully saturated rings. The molecule has 0 bridgehead atoms. The van der Waals surface area contributed by atoms with Crippen molar-refractivity contribution in [3.05, 3.63) is 0 Å². The summed E-state index contributed by atoms with van der Waals surface area (Å²) in [5.41, 5.74) is 0. The van der Waals surface area contributed by atoms with Gasteiger partial charge in [-0.15, -0.1) is 0 Å². The molecular weight excluding hydrogens is 260 g/mol. The number of hydrogen-bond donors (Lipinski definition) is 2. The highest BCUT2D eigenvalue weighted by atomic mass is 32.2. The number of β-amino-alcohol motifs (C(OH)–C–C–N with tert-alkyl or cyclic N) is 1. The van der Waals surface area contributed by atoms with Gasteiger partial charge < -0.3 is 10.2 Å². The van der Waals surface area contributed by atoms with Gasteiger partial charge in [0.15, 0.2) is 0 Å². The number of aliphatic hydroxyl groups is 2. The maximum atomic E-state index is 11.4. The van der Waals surface area contributed by atoms with Gasteiger partial charge in [0, 0.05) is 39.3 Å². The zero-order chi connectivity index (χ0) is 13.4. The second-order valence-corrected chi connectivity index (χ2v) is 5.97. The van der Waals surface area contributed by atoms with Crippen molar-refractivity contribution in [2.24, 2.45) is 0 Å². The number of piperazine rings is 1. The van der Waals surface area contributed by atoms with E-state index in [0.29, 0.717) is 13.1 Å². The molecule has 0 aliphatic carbocycles. The van der Waals surface area contributed by atoms with E-state index in [1.807, 2.05) is 0 Å². The van der Waals surface area contributed by atoms with E-state index < -0.39 is 10.1 Å². The van der Waals surface area contributed by atoms with Gasteiger partial charge in [-0.1, -0.05) is 0 Å². The maximum Gasteiger partial charge on any atom is 0.268 e. The molecule has 108 valence electrons. The van der Waals surface area contributed by atoms with Crippen LogP contribution < -0.4 is 0 Å². The molecule has 1 rings (SSSR count). The Morgan fingerprint density at radius 1 is 0.944 bits per heavy atom. The van der Waals surface area contributed by atoms with Crippen molar-refractivity contribution in [2.45, 2.75) is 0 Å². The summed E-state index contributed by atoms with van der Waals surface area (Å²) in [6, 6.07) is 0. The molecule has 1 heterocycles. The molecule has 1 saturated heterocycles. The molecule has 0 atom stereocenters. The Balaban J connectivity index is 2.21. The highest BCUT2D eigenvalue weighted by Crippen LogP contribution is 2.02. The van der Waals surface area contributed by atoms with E-state index in [2.05, 4.69) is 14.0 Å². The highest BCUT2D eigenvalue weighted by Gasteiger charge is 2.19. The van der Waals surface area contributed by atoms with Crippen LogP contribution in [0.2, 0.25) is 0 Å². The van der Waals surface area contributed by atoms with Gasteiger partial charge in [0.1, 0.15) is 0 Å². The molecule has 0 aromatic carbocycles. The van der Waals surface area contributed by atoms with Gasteiger partial charge in [0.05, 0.1) is 25.6 Å². The van der Waals surface area contributed by atoms with E-state index in [-0.39, 0.29) is 25.6 Å². The number of rotatable bonds is 8. The molecule has 8 heteroatoms. The van der Waals surface area contributed by atoms with Crippen molar-refractivity contribution >= 4 is 10.1 Å². The lowest BCUT2D eigenvalue weighted by Crippen LogP contribution is -2.48. The zero-order valence-electron chi connectivity index (χ0n) is 10.5. The summed E-state index contributed by atoms with van der Waals surface area (Å²) in [5.74, 6) is -0.0486. The van der Waals surface area contributed by atoms with Crippen molar-refractivity contribution in [2.75, 3.05) is 64.8 Å². The summed E-state index contributed by atoms with van der Waals surface area (Å²) in [4.78, 5) is 4.21. The minimum absolute atomic E-state index is 0.0486. The van der Waals surface area contributed by atoms with Crippen molar-refractivity contribution in [1.29, 1.82) is 0 Å². The lowest BCUT2D eigenvalue weighted by atomic mass is 10.3. The van der Waals surface area contributed by atoms with Crippen LogP contribution in [0.3, 0.4) is 0 Å². The third-order valence-electron chi connectivity index (χ3n) is 2.89. The minimum Gasteiger partial charge on any atom is -0.395 e. The Hall–Kier alpha value is -0.250. The predicted octanol–water partition coefficient (Wildman–Crippen LogP) is -2.06. The lowest BCUT2D eigenvalue weighted by Gasteiger charge is -2.34. The molecule has 0 radical (unpaired) electrons. The van der Waals surface area contributed by atoms with Gasteiger partial charge in [0.25, 0.3) is 10.1 Å². The average molecular weight is 282 g/mol. The Morgan fingerprint density at radius 2 is 1.50 bits per heavy atom. The molecule has 1 aliphatic heterocycles. The monoisotopic (exact) mass is 282 g/mol. The van der Waals surface area contributed by atoms with Gasteiger partial charge in [-0.3, -0.25) is 14.0 Å². The summed E-state index contributed by atoms with van der Waals surface area (Å²) >= 11 is 0. The van der Waals surface area contributed by atoms with Crippen molar-refractivity contribution in [1.82, 2.24) is 9.80 Å². The fourth-order valence-electron chi connectivity index (χ4n) is 1.84. The van der Waals surface area contributed by atoms with E-state index >= 15 is 0 Å².